The summed E-state index contributed by atoms with van der Waals surface area (Å²) in [6.07, 6.45) is 4.45. The third-order valence-corrected chi connectivity index (χ3v) is 4.37. The highest BCUT2D eigenvalue weighted by Crippen LogP contribution is 2.43. The highest BCUT2D eigenvalue weighted by molar-refractivity contribution is 5.42. The lowest BCUT2D eigenvalue weighted by molar-refractivity contribution is 0.0537. The molecular formula is C16H21NO2. The van der Waals surface area contributed by atoms with Crippen LogP contribution in [0, 0.1) is 0 Å². The summed E-state index contributed by atoms with van der Waals surface area (Å²) in [6.45, 7) is 2.70. The molecule has 0 amide bonds. The summed E-state index contributed by atoms with van der Waals surface area (Å²) >= 11 is 0. The van der Waals surface area contributed by atoms with Crippen molar-refractivity contribution >= 4 is 0 Å². The topological polar surface area (TPSA) is 21.7 Å². The van der Waals surface area contributed by atoms with E-state index in [1.807, 2.05) is 6.07 Å². The first-order chi connectivity index (χ1) is 9.24. The number of nitrogens with zero attached hydrogens (tertiary/aromatic N) is 1. The molecular weight excluding hydrogens is 238 g/mol. The molecule has 3 rings (SSSR count). The normalized spacial score (nSPS) is 26.6. The maximum Gasteiger partial charge on any atom is 0.119 e. The Morgan fingerprint density at radius 2 is 2.26 bits per heavy atom. The molecule has 1 saturated heterocycles. The lowest BCUT2D eigenvalue weighted by Crippen LogP contribution is -2.44. The van der Waals surface area contributed by atoms with Crippen molar-refractivity contribution < 1.29 is 9.47 Å². The second-order valence-electron chi connectivity index (χ2n) is 5.50. The van der Waals surface area contributed by atoms with Crippen LogP contribution in [0.5, 0.6) is 5.75 Å². The maximum absolute atomic E-state index is 5.81. The first kappa shape index (κ1) is 12.5. The van der Waals surface area contributed by atoms with E-state index in [0.29, 0.717) is 0 Å². The van der Waals surface area contributed by atoms with Crippen molar-refractivity contribution in [2.45, 2.75) is 18.3 Å². The SMILES string of the molecule is COc1cccc(C23CCN(C)C=C2CCOC3)c1. The Morgan fingerprint density at radius 1 is 1.37 bits per heavy atom. The van der Waals surface area contributed by atoms with Gasteiger partial charge < -0.3 is 14.4 Å². The average Bonchev–Trinajstić information content (AvgIpc) is 2.47. The summed E-state index contributed by atoms with van der Waals surface area (Å²) in [6, 6.07) is 8.44. The number of hydrogen-bond donors (Lipinski definition) is 0. The van der Waals surface area contributed by atoms with E-state index >= 15 is 0 Å². The fourth-order valence-electron chi connectivity index (χ4n) is 3.21. The molecule has 0 radical (unpaired) electrons. The fourth-order valence-corrected chi connectivity index (χ4v) is 3.21. The van der Waals surface area contributed by atoms with Crippen molar-refractivity contribution in [3.63, 3.8) is 0 Å². The van der Waals surface area contributed by atoms with Gasteiger partial charge in [0.05, 0.1) is 20.3 Å². The minimum atomic E-state index is 0.0549. The Bertz CT molecular complexity index is 497. The molecule has 0 spiro atoms. The molecule has 0 saturated carbocycles. The van der Waals surface area contributed by atoms with Crippen LogP contribution in [0.15, 0.2) is 36.0 Å². The van der Waals surface area contributed by atoms with Gasteiger partial charge in [-0.2, -0.15) is 0 Å². The van der Waals surface area contributed by atoms with Crippen LogP contribution in [0.3, 0.4) is 0 Å². The first-order valence-electron chi connectivity index (χ1n) is 6.88. The van der Waals surface area contributed by atoms with Crippen molar-refractivity contribution in [1.82, 2.24) is 4.90 Å². The molecule has 1 aromatic rings. The maximum atomic E-state index is 5.81. The predicted molar refractivity (Wildman–Crippen MR) is 75.4 cm³/mol. The highest BCUT2D eigenvalue weighted by atomic mass is 16.5. The predicted octanol–water partition coefficient (Wildman–Crippen LogP) is 2.57. The van der Waals surface area contributed by atoms with E-state index in [-0.39, 0.29) is 5.41 Å². The molecule has 1 fully saturated rings. The van der Waals surface area contributed by atoms with Crippen LogP contribution in [-0.4, -0.2) is 38.8 Å². The lowest BCUT2D eigenvalue weighted by atomic mass is 9.69. The molecule has 1 atom stereocenters. The van der Waals surface area contributed by atoms with Crippen LogP contribution in [0.25, 0.3) is 0 Å². The van der Waals surface area contributed by atoms with Crippen molar-refractivity contribution in [3.05, 3.63) is 41.6 Å². The third kappa shape index (κ3) is 2.12. The molecule has 0 N–H and O–H groups in total. The standard InChI is InChI=1S/C16H21NO2/c1-17-8-7-16(12-19-9-6-14(16)11-17)13-4-3-5-15(10-13)18-2/h3-5,10-11H,6-9,12H2,1-2H3. The van der Waals surface area contributed by atoms with Gasteiger partial charge in [-0.15, -0.1) is 0 Å². The Hall–Kier alpha value is -1.48. The van der Waals surface area contributed by atoms with Crippen LogP contribution in [-0.2, 0) is 10.2 Å². The number of hydrogen-bond acceptors (Lipinski definition) is 3. The zero-order chi connectivity index (χ0) is 13.3. The molecule has 0 bridgehead atoms. The first-order valence-corrected chi connectivity index (χ1v) is 6.88. The summed E-state index contributed by atoms with van der Waals surface area (Å²) in [5.74, 6) is 0.927. The van der Waals surface area contributed by atoms with E-state index in [0.717, 1.165) is 38.3 Å². The monoisotopic (exact) mass is 259 g/mol. The van der Waals surface area contributed by atoms with Crippen LogP contribution in [0.1, 0.15) is 18.4 Å². The summed E-state index contributed by atoms with van der Waals surface area (Å²) in [7, 11) is 3.87. The van der Waals surface area contributed by atoms with Gasteiger partial charge in [-0.05, 0) is 42.3 Å². The largest absolute Gasteiger partial charge is 0.497 e. The van der Waals surface area contributed by atoms with Gasteiger partial charge in [-0.25, -0.2) is 0 Å². The number of methoxy groups -OCH3 is 1. The second kappa shape index (κ2) is 4.89. The van der Waals surface area contributed by atoms with Gasteiger partial charge in [0.15, 0.2) is 0 Å². The molecule has 19 heavy (non-hydrogen) atoms. The Labute approximate surface area is 114 Å². The summed E-state index contributed by atoms with van der Waals surface area (Å²) in [5.41, 5.74) is 2.88. The van der Waals surface area contributed by atoms with Gasteiger partial charge in [0.1, 0.15) is 5.75 Å². The Morgan fingerprint density at radius 3 is 3.11 bits per heavy atom. The lowest BCUT2D eigenvalue weighted by Gasteiger charge is -2.44. The van der Waals surface area contributed by atoms with Gasteiger partial charge in [0, 0.05) is 19.0 Å². The van der Waals surface area contributed by atoms with Crippen LogP contribution >= 0.6 is 0 Å². The second-order valence-corrected chi connectivity index (χ2v) is 5.50. The highest BCUT2D eigenvalue weighted by Gasteiger charge is 2.41. The van der Waals surface area contributed by atoms with E-state index in [4.69, 9.17) is 9.47 Å². The van der Waals surface area contributed by atoms with E-state index in [1.165, 1.54) is 11.1 Å². The van der Waals surface area contributed by atoms with Gasteiger partial charge >= 0.3 is 0 Å². The third-order valence-electron chi connectivity index (χ3n) is 4.37. The quantitative estimate of drug-likeness (QED) is 0.815. The minimum absolute atomic E-state index is 0.0549. The molecule has 2 heterocycles. The molecule has 102 valence electrons. The van der Waals surface area contributed by atoms with Crippen molar-refractivity contribution in [3.8, 4) is 5.75 Å². The molecule has 3 nitrogen and oxygen atoms in total. The average molecular weight is 259 g/mol. The zero-order valence-electron chi connectivity index (χ0n) is 11.7. The number of benzene rings is 1. The van der Waals surface area contributed by atoms with Gasteiger partial charge in [0.2, 0.25) is 0 Å². The van der Waals surface area contributed by atoms with Gasteiger partial charge in [0.25, 0.3) is 0 Å². The Kier molecular flexibility index (Phi) is 3.23. The minimum Gasteiger partial charge on any atom is -0.497 e. The molecule has 3 heteroatoms. The van der Waals surface area contributed by atoms with E-state index in [1.54, 1.807) is 7.11 Å². The summed E-state index contributed by atoms with van der Waals surface area (Å²) in [5, 5.41) is 0. The van der Waals surface area contributed by atoms with Crippen LogP contribution < -0.4 is 4.74 Å². The van der Waals surface area contributed by atoms with Crippen molar-refractivity contribution in [2.24, 2.45) is 0 Å². The van der Waals surface area contributed by atoms with E-state index in [2.05, 4.69) is 36.3 Å². The van der Waals surface area contributed by atoms with Gasteiger partial charge in [-0.3, -0.25) is 0 Å². The number of rotatable bonds is 2. The molecule has 1 aromatic carbocycles. The van der Waals surface area contributed by atoms with E-state index < -0.39 is 0 Å². The molecule has 2 aliphatic rings. The summed E-state index contributed by atoms with van der Waals surface area (Å²) in [4.78, 5) is 2.29. The van der Waals surface area contributed by atoms with Crippen LogP contribution in [0.2, 0.25) is 0 Å². The molecule has 0 aromatic heterocycles. The molecule has 0 aliphatic carbocycles. The zero-order valence-corrected chi connectivity index (χ0v) is 11.7. The van der Waals surface area contributed by atoms with Crippen molar-refractivity contribution in [2.75, 3.05) is 33.9 Å². The number of fused-ring (bicyclic) bond motifs is 1. The van der Waals surface area contributed by atoms with Gasteiger partial charge in [-0.1, -0.05) is 12.1 Å². The number of ether oxygens (including phenoxy) is 2. The van der Waals surface area contributed by atoms with E-state index in [9.17, 15) is 0 Å². The Balaban J connectivity index is 2.05. The van der Waals surface area contributed by atoms with Crippen molar-refractivity contribution in [1.29, 1.82) is 0 Å². The summed E-state index contributed by atoms with van der Waals surface area (Å²) < 4.78 is 11.2. The molecule has 2 aliphatic heterocycles. The molecule has 1 unspecified atom stereocenters. The fraction of sp³-hybridized carbons (Fsp3) is 0.500. The smallest absolute Gasteiger partial charge is 0.119 e. The van der Waals surface area contributed by atoms with Crippen LogP contribution in [0.4, 0.5) is 0 Å².